The van der Waals surface area contributed by atoms with E-state index in [1.807, 2.05) is 24.3 Å². The van der Waals surface area contributed by atoms with Crippen molar-refractivity contribution in [3.05, 3.63) is 29.8 Å². The molecule has 0 bridgehead atoms. The molecule has 0 aliphatic carbocycles. The van der Waals surface area contributed by atoms with E-state index in [4.69, 9.17) is 10.5 Å². The number of carbonyl (C=O) groups excluding carboxylic acids is 2. The van der Waals surface area contributed by atoms with Gasteiger partial charge in [-0.15, -0.1) is 0 Å². The Bertz CT molecular complexity index is 601. The third-order valence-corrected chi connectivity index (χ3v) is 4.49. The van der Waals surface area contributed by atoms with Gasteiger partial charge >= 0.3 is 0 Å². The molecule has 2 fully saturated rings. The van der Waals surface area contributed by atoms with Crippen LogP contribution < -0.4 is 16.4 Å². The van der Waals surface area contributed by atoms with Crippen LogP contribution in [0.5, 0.6) is 0 Å². The van der Waals surface area contributed by atoms with Gasteiger partial charge in [0.05, 0.1) is 12.6 Å². The largest absolute Gasteiger partial charge is 0.368 e. The molecule has 0 spiro atoms. The molecule has 0 aromatic heterocycles. The number of carbonyl (C=O) groups is 2. The molecule has 2 aliphatic heterocycles. The van der Waals surface area contributed by atoms with E-state index >= 15 is 0 Å². The second kappa shape index (κ2) is 7.74. The number of hydrogen-bond donors (Lipinski definition) is 3. The lowest BCUT2D eigenvalue weighted by molar-refractivity contribution is -0.128. The lowest BCUT2D eigenvalue weighted by atomic mass is 10.1. The maximum Gasteiger partial charge on any atom is 0.254 e. The Morgan fingerprint density at radius 3 is 3.04 bits per heavy atom. The molecule has 0 radical (unpaired) electrons. The number of amides is 2. The minimum atomic E-state index is -0.458. The van der Waals surface area contributed by atoms with Crippen LogP contribution in [0.1, 0.15) is 18.4 Å². The molecule has 7 nitrogen and oxygen atoms in total. The fourth-order valence-corrected chi connectivity index (χ4v) is 3.28. The van der Waals surface area contributed by atoms with Gasteiger partial charge in [0.15, 0.2) is 0 Å². The minimum Gasteiger partial charge on any atom is -0.368 e. The van der Waals surface area contributed by atoms with Crippen LogP contribution in [0, 0.1) is 0 Å². The van der Waals surface area contributed by atoms with E-state index in [0.717, 1.165) is 37.2 Å². The van der Waals surface area contributed by atoms with E-state index in [1.54, 1.807) is 0 Å². The highest BCUT2D eigenvalue weighted by Gasteiger charge is 2.28. The maximum atomic E-state index is 12.2. The minimum absolute atomic E-state index is 0.143. The van der Waals surface area contributed by atoms with Crippen molar-refractivity contribution in [1.82, 2.24) is 10.2 Å². The molecule has 7 heteroatoms. The first-order valence-corrected chi connectivity index (χ1v) is 8.39. The van der Waals surface area contributed by atoms with E-state index in [1.165, 1.54) is 0 Å². The van der Waals surface area contributed by atoms with E-state index in [0.29, 0.717) is 19.7 Å². The summed E-state index contributed by atoms with van der Waals surface area (Å²) in [5, 5.41) is 6.04. The number of morpholine rings is 1. The summed E-state index contributed by atoms with van der Waals surface area (Å²) in [6, 6.07) is 7.49. The number of primary amides is 1. The normalized spacial score (nSPS) is 24.7. The summed E-state index contributed by atoms with van der Waals surface area (Å²) < 4.78 is 5.46. The molecule has 2 unspecified atom stereocenters. The van der Waals surface area contributed by atoms with E-state index in [2.05, 4.69) is 15.5 Å². The molecule has 130 valence electrons. The Hall–Kier alpha value is -1.96. The quantitative estimate of drug-likeness (QED) is 0.709. The van der Waals surface area contributed by atoms with Crippen molar-refractivity contribution in [2.75, 3.05) is 31.6 Å². The van der Waals surface area contributed by atoms with Crippen LogP contribution in [0.3, 0.4) is 0 Å². The summed E-state index contributed by atoms with van der Waals surface area (Å²) in [5.41, 5.74) is 7.25. The summed E-state index contributed by atoms with van der Waals surface area (Å²) in [5.74, 6) is -0.408. The molecule has 2 saturated heterocycles. The SMILES string of the molecule is NC(=O)C1CCCN1Cc1cccc(NC(=O)C2CNCCO2)c1. The van der Waals surface area contributed by atoms with Gasteiger partial charge in [0.25, 0.3) is 5.91 Å². The van der Waals surface area contributed by atoms with Crippen LogP contribution in [-0.4, -0.2) is 55.1 Å². The van der Waals surface area contributed by atoms with Gasteiger partial charge in [-0.2, -0.15) is 0 Å². The Kier molecular flexibility index (Phi) is 5.44. The Balaban J connectivity index is 1.61. The number of nitrogens with two attached hydrogens (primary N) is 1. The van der Waals surface area contributed by atoms with E-state index in [9.17, 15) is 9.59 Å². The molecule has 2 amide bonds. The number of likely N-dealkylation sites (tertiary alicyclic amines) is 1. The molecule has 1 aromatic carbocycles. The predicted molar refractivity (Wildman–Crippen MR) is 90.3 cm³/mol. The summed E-state index contributed by atoms with van der Waals surface area (Å²) in [7, 11) is 0. The number of anilines is 1. The number of nitrogens with one attached hydrogen (secondary N) is 2. The first-order chi connectivity index (χ1) is 11.6. The van der Waals surface area contributed by atoms with Crippen molar-refractivity contribution in [2.24, 2.45) is 5.73 Å². The van der Waals surface area contributed by atoms with Gasteiger partial charge in [-0.05, 0) is 37.1 Å². The van der Waals surface area contributed by atoms with Crippen molar-refractivity contribution in [2.45, 2.75) is 31.5 Å². The number of ether oxygens (including phenoxy) is 1. The predicted octanol–water partition coefficient (Wildman–Crippen LogP) is 0.0632. The second-order valence-electron chi connectivity index (χ2n) is 6.28. The average molecular weight is 332 g/mol. The van der Waals surface area contributed by atoms with Crippen molar-refractivity contribution in [1.29, 1.82) is 0 Å². The lowest BCUT2D eigenvalue weighted by Crippen LogP contribution is -2.45. The van der Waals surface area contributed by atoms with Crippen molar-refractivity contribution >= 4 is 17.5 Å². The third-order valence-electron chi connectivity index (χ3n) is 4.49. The van der Waals surface area contributed by atoms with Crippen LogP contribution in [0.2, 0.25) is 0 Å². The molecule has 4 N–H and O–H groups in total. The standard InChI is InChI=1S/C17H24N4O3/c18-16(22)14-5-2-7-21(14)11-12-3-1-4-13(9-12)20-17(23)15-10-19-6-8-24-15/h1,3-4,9,14-15,19H,2,5-8,10-11H2,(H2,18,22)(H,20,23). The number of benzene rings is 1. The van der Waals surface area contributed by atoms with Crippen LogP contribution in [-0.2, 0) is 20.9 Å². The zero-order chi connectivity index (χ0) is 16.9. The highest BCUT2D eigenvalue weighted by atomic mass is 16.5. The zero-order valence-electron chi connectivity index (χ0n) is 13.7. The summed E-state index contributed by atoms with van der Waals surface area (Å²) in [6.45, 7) is 3.36. The van der Waals surface area contributed by atoms with Crippen LogP contribution in [0.4, 0.5) is 5.69 Å². The van der Waals surface area contributed by atoms with E-state index in [-0.39, 0.29) is 17.9 Å². The maximum absolute atomic E-state index is 12.2. The number of nitrogens with zero attached hydrogens (tertiary/aromatic N) is 1. The number of hydrogen-bond acceptors (Lipinski definition) is 5. The highest BCUT2D eigenvalue weighted by molar-refractivity contribution is 5.94. The number of rotatable bonds is 5. The Morgan fingerprint density at radius 1 is 1.42 bits per heavy atom. The topological polar surface area (TPSA) is 96.7 Å². The first kappa shape index (κ1) is 16.9. The van der Waals surface area contributed by atoms with Crippen LogP contribution in [0.25, 0.3) is 0 Å². The molecular weight excluding hydrogens is 308 g/mol. The van der Waals surface area contributed by atoms with Crippen LogP contribution >= 0.6 is 0 Å². The molecular formula is C17H24N4O3. The smallest absolute Gasteiger partial charge is 0.254 e. The molecule has 2 heterocycles. The average Bonchev–Trinajstić information content (AvgIpc) is 3.04. The van der Waals surface area contributed by atoms with Crippen LogP contribution in [0.15, 0.2) is 24.3 Å². The molecule has 0 saturated carbocycles. The fraction of sp³-hybridized carbons (Fsp3) is 0.529. The molecule has 3 rings (SSSR count). The molecule has 1 aromatic rings. The van der Waals surface area contributed by atoms with Gasteiger partial charge in [0.2, 0.25) is 5.91 Å². The zero-order valence-corrected chi connectivity index (χ0v) is 13.7. The summed E-state index contributed by atoms with van der Waals surface area (Å²) in [6.07, 6.45) is 1.34. The van der Waals surface area contributed by atoms with Crippen molar-refractivity contribution < 1.29 is 14.3 Å². The van der Waals surface area contributed by atoms with Gasteiger partial charge in [0.1, 0.15) is 6.10 Å². The Labute approximate surface area is 141 Å². The van der Waals surface area contributed by atoms with Gasteiger partial charge in [0, 0.05) is 25.3 Å². The molecule has 2 aliphatic rings. The van der Waals surface area contributed by atoms with Crippen molar-refractivity contribution in [3.8, 4) is 0 Å². The molecule has 24 heavy (non-hydrogen) atoms. The monoisotopic (exact) mass is 332 g/mol. The first-order valence-electron chi connectivity index (χ1n) is 8.39. The van der Waals surface area contributed by atoms with Crippen molar-refractivity contribution in [3.63, 3.8) is 0 Å². The van der Waals surface area contributed by atoms with Gasteiger partial charge in [-0.25, -0.2) is 0 Å². The molecule has 2 atom stereocenters. The van der Waals surface area contributed by atoms with Gasteiger partial charge < -0.3 is 21.1 Å². The second-order valence-corrected chi connectivity index (χ2v) is 6.28. The van der Waals surface area contributed by atoms with Gasteiger partial charge in [-0.1, -0.05) is 12.1 Å². The lowest BCUT2D eigenvalue weighted by Gasteiger charge is -2.23. The fourth-order valence-electron chi connectivity index (χ4n) is 3.28. The summed E-state index contributed by atoms with van der Waals surface area (Å²) in [4.78, 5) is 25.8. The summed E-state index contributed by atoms with van der Waals surface area (Å²) >= 11 is 0. The third kappa shape index (κ3) is 4.11. The Morgan fingerprint density at radius 2 is 2.29 bits per heavy atom. The van der Waals surface area contributed by atoms with Gasteiger partial charge in [-0.3, -0.25) is 14.5 Å². The highest BCUT2D eigenvalue weighted by Crippen LogP contribution is 2.21. The van der Waals surface area contributed by atoms with E-state index < -0.39 is 6.10 Å².